The highest BCUT2D eigenvalue weighted by Gasteiger charge is 2.29. The van der Waals surface area contributed by atoms with Gasteiger partial charge in [0, 0.05) is 31.3 Å². The molecule has 4 unspecified atom stereocenters. The number of carbonyl (C=O) groups is 1. The molecule has 0 bridgehead atoms. The number of allylic oxidation sites excluding steroid dienone is 4. The van der Waals surface area contributed by atoms with Crippen LogP contribution in [0.4, 0.5) is 5.82 Å². The summed E-state index contributed by atoms with van der Waals surface area (Å²) >= 11 is 5.80. The van der Waals surface area contributed by atoms with Gasteiger partial charge in [0.05, 0.1) is 23.6 Å². The number of carbonyl (C=O) groups excluding carboxylic acids is 1. The molecule has 2 aliphatic carbocycles. The quantitative estimate of drug-likeness (QED) is 0.608. The second kappa shape index (κ2) is 10.3. The fraction of sp³-hybridized carbons (Fsp3) is 0.462. The van der Waals surface area contributed by atoms with Crippen LogP contribution in [0.1, 0.15) is 44.3 Å². The standard InChI is InChI=1S/C26H31ClN6O2/c1-17-5-2-3-7-21(17)35-20-10-8-18(9-11-20)24-23-25(28)29-16-30-26(23)33(31-24)19-6-4-14-32(15-19)22(34)12-13-27/h2-3,5,7-10,16-17,19-21H,4,6,11-15H2,1H3,(H2,28,29,30). The smallest absolute Gasteiger partial charge is 0.223 e. The number of amides is 1. The highest BCUT2D eigenvalue weighted by atomic mass is 35.5. The third-order valence-corrected chi connectivity index (χ3v) is 7.12. The van der Waals surface area contributed by atoms with Crippen LogP contribution in [-0.4, -0.2) is 61.7 Å². The lowest BCUT2D eigenvalue weighted by molar-refractivity contribution is -0.132. The fourth-order valence-electron chi connectivity index (χ4n) is 5.02. The van der Waals surface area contributed by atoms with Crippen molar-refractivity contribution in [2.75, 3.05) is 24.7 Å². The van der Waals surface area contributed by atoms with Crippen molar-refractivity contribution in [2.45, 2.75) is 50.9 Å². The van der Waals surface area contributed by atoms with Gasteiger partial charge in [0.15, 0.2) is 5.65 Å². The highest BCUT2D eigenvalue weighted by Crippen LogP contribution is 2.34. The number of hydrogen-bond donors (Lipinski definition) is 1. The third-order valence-electron chi connectivity index (χ3n) is 6.93. The Bertz CT molecular complexity index is 1220. The lowest BCUT2D eigenvalue weighted by Crippen LogP contribution is -2.41. The van der Waals surface area contributed by atoms with Crippen LogP contribution in [-0.2, 0) is 9.53 Å². The molecule has 3 heterocycles. The zero-order valence-corrected chi connectivity index (χ0v) is 20.6. The van der Waals surface area contributed by atoms with Crippen molar-refractivity contribution >= 4 is 39.9 Å². The van der Waals surface area contributed by atoms with Gasteiger partial charge < -0.3 is 15.4 Å². The predicted molar refractivity (Wildman–Crippen MR) is 138 cm³/mol. The Morgan fingerprint density at radius 2 is 2.11 bits per heavy atom. The molecule has 8 nitrogen and oxygen atoms in total. The first kappa shape index (κ1) is 23.8. The van der Waals surface area contributed by atoms with E-state index in [-0.39, 0.29) is 24.2 Å². The summed E-state index contributed by atoms with van der Waals surface area (Å²) in [4.78, 5) is 23.1. The first-order valence-electron chi connectivity index (χ1n) is 12.3. The third kappa shape index (κ3) is 4.90. The molecule has 1 fully saturated rings. The molecule has 1 aliphatic heterocycles. The summed E-state index contributed by atoms with van der Waals surface area (Å²) in [6.07, 6.45) is 19.1. The molecule has 184 valence electrons. The second-order valence-corrected chi connectivity index (χ2v) is 9.73. The number of fused-ring (bicyclic) bond motifs is 1. The number of rotatable bonds is 6. The van der Waals surface area contributed by atoms with Crippen molar-refractivity contribution in [3.05, 3.63) is 54.6 Å². The Kier molecular flexibility index (Phi) is 7.02. The molecule has 3 aliphatic rings. The zero-order valence-electron chi connectivity index (χ0n) is 19.9. The number of ether oxygens (including phenoxy) is 1. The van der Waals surface area contributed by atoms with E-state index >= 15 is 0 Å². The molecular weight excluding hydrogens is 464 g/mol. The van der Waals surface area contributed by atoms with Crippen LogP contribution in [0.15, 0.2) is 48.9 Å². The van der Waals surface area contributed by atoms with E-state index in [0.29, 0.717) is 36.2 Å². The molecule has 2 aromatic heterocycles. The van der Waals surface area contributed by atoms with Crippen molar-refractivity contribution in [2.24, 2.45) is 5.92 Å². The van der Waals surface area contributed by atoms with E-state index in [2.05, 4.69) is 53.3 Å². The minimum Gasteiger partial charge on any atom is -0.383 e. The SMILES string of the molecule is CC1C=CC=CC1OC1C=CC(c2nn(C3CCCN(C(=O)CCCl)C3)c3ncnc(N)c23)=CC1. The lowest BCUT2D eigenvalue weighted by Gasteiger charge is -2.33. The first-order chi connectivity index (χ1) is 17.0. The number of aromatic nitrogens is 4. The van der Waals surface area contributed by atoms with Gasteiger partial charge in [-0.2, -0.15) is 5.10 Å². The Morgan fingerprint density at radius 3 is 2.89 bits per heavy atom. The normalized spacial score (nSPS) is 26.3. The molecule has 0 saturated carbocycles. The van der Waals surface area contributed by atoms with Gasteiger partial charge in [-0.25, -0.2) is 14.6 Å². The van der Waals surface area contributed by atoms with Gasteiger partial charge in [-0.05, 0) is 24.8 Å². The number of halogens is 1. The minimum absolute atomic E-state index is 0.00384. The summed E-state index contributed by atoms with van der Waals surface area (Å²) in [6, 6.07) is 0.0189. The molecule has 9 heteroatoms. The van der Waals surface area contributed by atoms with Gasteiger partial charge in [-0.3, -0.25) is 4.79 Å². The van der Waals surface area contributed by atoms with E-state index in [9.17, 15) is 4.79 Å². The molecule has 0 aromatic carbocycles. The number of nitrogens with zero attached hydrogens (tertiary/aromatic N) is 5. The number of hydrogen-bond acceptors (Lipinski definition) is 6. The number of likely N-dealkylation sites (tertiary alicyclic amines) is 1. The average molecular weight is 495 g/mol. The van der Waals surface area contributed by atoms with E-state index in [1.54, 1.807) is 0 Å². The molecule has 1 saturated heterocycles. The van der Waals surface area contributed by atoms with Crippen molar-refractivity contribution < 1.29 is 9.53 Å². The fourth-order valence-corrected chi connectivity index (χ4v) is 5.18. The van der Waals surface area contributed by atoms with E-state index in [0.717, 1.165) is 42.5 Å². The Morgan fingerprint density at radius 1 is 1.26 bits per heavy atom. The first-order valence-corrected chi connectivity index (χ1v) is 12.8. The van der Waals surface area contributed by atoms with Crippen LogP contribution in [0.5, 0.6) is 0 Å². The van der Waals surface area contributed by atoms with Gasteiger partial charge in [0.25, 0.3) is 0 Å². The Balaban J connectivity index is 1.39. The highest BCUT2D eigenvalue weighted by molar-refractivity contribution is 6.18. The Hall–Kier alpha value is -2.97. The molecule has 35 heavy (non-hydrogen) atoms. The number of nitrogen functional groups attached to an aromatic ring is 1. The van der Waals surface area contributed by atoms with Crippen LogP contribution >= 0.6 is 11.6 Å². The maximum absolute atomic E-state index is 12.5. The molecule has 4 atom stereocenters. The molecule has 0 spiro atoms. The Labute approximate surface area is 210 Å². The largest absolute Gasteiger partial charge is 0.383 e. The van der Waals surface area contributed by atoms with Crippen molar-refractivity contribution in [3.63, 3.8) is 0 Å². The summed E-state index contributed by atoms with van der Waals surface area (Å²) in [5.74, 6) is 1.16. The van der Waals surface area contributed by atoms with Crippen molar-refractivity contribution in [1.82, 2.24) is 24.6 Å². The summed E-state index contributed by atoms with van der Waals surface area (Å²) in [5, 5.41) is 5.73. The monoisotopic (exact) mass is 494 g/mol. The van der Waals surface area contributed by atoms with Crippen LogP contribution in [0.25, 0.3) is 16.6 Å². The number of anilines is 1. The van der Waals surface area contributed by atoms with Gasteiger partial charge in [-0.1, -0.05) is 49.5 Å². The number of nitrogens with two attached hydrogens (primary N) is 1. The summed E-state index contributed by atoms with van der Waals surface area (Å²) < 4.78 is 8.23. The van der Waals surface area contributed by atoms with Crippen LogP contribution in [0.2, 0.25) is 0 Å². The van der Waals surface area contributed by atoms with E-state index < -0.39 is 0 Å². The molecular formula is C26H31ClN6O2. The average Bonchev–Trinajstić information content (AvgIpc) is 3.27. The van der Waals surface area contributed by atoms with E-state index in [4.69, 9.17) is 27.2 Å². The number of alkyl halides is 1. The topological polar surface area (TPSA) is 99.2 Å². The van der Waals surface area contributed by atoms with Crippen LogP contribution in [0.3, 0.4) is 0 Å². The van der Waals surface area contributed by atoms with Crippen molar-refractivity contribution in [3.8, 4) is 0 Å². The second-order valence-electron chi connectivity index (χ2n) is 9.35. The maximum atomic E-state index is 12.5. The van der Waals surface area contributed by atoms with Crippen LogP contribution in [0, 0.1) is 5.92 Å². The molecule has 2 aromatic rings. The molecule has 5 rings (SSSR count). The van der Waals surface area contributed by atoms with Crippen molar-refractivity contribution in [1.29, 1.82) is 0 Å². The zero-order chi connectivity index (χ0) is 24.4. The van der Waals surface area contributed by atoms with Gasteiger partial charge in [0.1, 0.15) is 17.8 Å². The lowest BCUT2D eigenvalue weighted by atomic mass is 9.98. The molecule has 0 radical (unpaired) electrons. The maximum Gasteiger partial charge on any atom is 0.223 e. The summed E-state index contributed by atoms with van der Waals surface area (Å²) in [6.45, 7) is 3.49. The van der Waals surface area contributed by atoms with E-state index in [1.807, 2.05) is 15.7 Å². The predicted octanol–water partition coefficient (Wildman–Crippen LogP) is 4.06. The summed E-state index contributed by atoms with van der Waals surface area (Å²) in [7, 11) is 0. The van der Waals surface area contributed by atoms with Gasteiger partial charge >= 0.3 is 0 Å². The van der Waals surface area contributed by atoms with E-state index in [1.165, 1.54) is 6.33 Å². The molecule has 2 N–H and O–H groups in total. The summed E-state index contributed by atoms with van der Waals surface area (Å²) in [5.41, 5.74) is 8.76. The number of piperidine rings is 1. The molecule has 1 amide bonds. The van der Waals surface area contributed by atoms with Gasteiger partial charge in [-0.15, -0.1) is 11.6 Å². The minimum atomic E-state index is 0.00384. The van der Waals surface area contributed by atoms with Gasteiger partial charge in [0.2, 0.25) is 5.91 Å². The van der Waals surface area contributed by atoms with Crippen LogP contribution < -0.4 is 5.73 Å².